The van der Waals surface area contributed by atoms with Gasteiger partial charge in [-0.2, -0.15) is 5.26 Å². The van der Waals surface area contributed by atoms with Gasteiger partial charge in [0.15, 0.2) is 0 Å². The molecule has 0 saturated heterocycles. The van der Waals surface area contributed by atoms with E-state index in [0.29, 0.717) is 6.54 Å². The van der Waals surface area contributed by atoms with Crippen LogP contribution in [0.2, 0.25) is 0 Å². The summed E-state index contributed by atoms with van der Waals surface area (Å²) in [5, 5.41) is 11.6. The van der Waals surface area contributed by atoms with Gasteiger partial charge in [-0.15, -0.1) is 0 Å². The van der Waals surface area contributed by atoms with Crippen LogP contribution in [0.15, 0.2) is 10.9 Å². The van der Waals surface area contributed by atoms with Crippen LogP contribution in [0.3, 0.4) is 0 Å². The molecular formula is C8H7N3O. The van der Waals surface area contributed by atoms with Crippen LogP contribution in [-0.2, 0) is 13.1 Å². The Hall–Kier alpha value is -1.60. The summed E-state index contributed by atoms with van der Waals surface area (Å²) in [6.07, 6.45) is 0. The van der Waals surface area contributed by atoms with Gasteiger partial charge in [-0.3, -0.25) is 4.79 Å². The number of hydrogen-bond donors (Lipinski definition) is 2. The van der Waals surface area contributed by atoms with Crippen molar-refractivity contribution in [2.24, 2.45) is 0 Å². The van der Waals surface area contributed by atoms with Gasteiger partial charge in [0, 0.05) is 18.8 Å². The van der Waals surface area contributed by atoms with Crippen molar-refractivity contribution in [1.29, 1.82) is 5.26 Å². The van der Waals surface area contributed by atoms with E-state index in [1.807, 2.05) is 6.07 Å². The summed E-state index contributed by atoms with van der Waals surface area (Å²) in [7, 11) is 0. The van der Waals surface area contributed by atoms with E-state index in [-0.39, 0.29) is 11.1 Å². The molecule has 60 valence electrons. The quantitative estimate of drug-likeness (QED) is 0.556. The minimum atomic E-state index is -0.292. The summed E-state index contributed by atoms with van der Waals surface area (Å²) in [6, 6.07) is 3.50. The van der Waals surface area contributed by atoms with E-state index in [1.54, 1.807) is 6.07 Å². The highest BCUT2D eigenvalue weighted by atomic mass is 16.1. The lowest BCUT2D eigenvalue weighted by molar-refractivity contribution is 0.757. The lowest BCUT2D eigenvalue weighted by Crippen LogP contribution is -2.12. The van der Waals surface area contributed by atoms with E-state index in [2.05, 4.69) is 10.3 Å². The average Bonchev–Trinajstić information content (AvgIpc) is 2.49. The zero-order valence-corrected chi connectivity index (χ0v) is 6.35. The fourth-order valence-corrected chi connectivity index (χ4v) is 1.33. The van der Waals surface area contributed by atoms with Crippen LogP contribution in [0.5, 0.6) is 0 Å². The molecule has 1 aliphatic rings. The predicted molar refractivity (Wildman–Crippen MR) is 42.3 cm³/mol. The standard InChI is InChI=1S/C8H7N3O/c9-2-5-1-6-3-10-4-7(6)11-8(5)12/h1,10H,3-4H2,(H,11,12). The second kappa shape index (κ2) is 2.47. The van der Waals surface area contributed by atoms with Crippen LogP contribution < -0.4 is 10.9 Å². The highest BCUT2D eigenvalue weighted by Gasteiger charge is 2.12. The first kappa shape index (κ1) is 7.07. The number of hydrogen-bond acceptors (Lipinski definition) is 3. The third-order valence-corrected chi connectivity index (χ3v) is 1.95. The molecule has 2 heterocycles. The fraction of sp³-hybridized carbons (Fsp3) is 0.250. The minimum absolute atomic E-state index is 0.192. The van der Waals surface area contributed by atoms with Gasteiger partial charge in [0.05, 0.1) is 0 Å². The predicted octanol–water partition coefficient (Wildman–Crippen LogP) is -0.150. The van der Waals surface area contributed by atoms with E-state index in [1.165, 1.54) is 0 Å². The smallest absolute Gasteiger partial charge is 0.266 e. The van der Waals surface area contributed by atoms with Crippen LogP contribution in [0, 0.1) is 11.3 Å². The van der Waals surface area contributed by atoms with Crippen molar-refractivity contribution in [3.8, 4) is 6.07 Å². The SMILES string of the molecule is N#Cc1cc2c([nH]c1=O)CNC2. The van der Waals surface area contributed by atoms with E-state index in [0.717, 1.165) is 17.8 Å². The molecule has 1 aliphatic heterocycles. The number of nitrogens with one attached hydrogen (secondary N) is 2. The fourth-order valence-electron chi connectivity index (χ4n) is 1.33. The maximum absolute atomic E-state index is 11.1. The summed E-state index contributed by atoms with van der Waals surface area (Å²) >= 11 is 0. The monoisotopic (exact) mass is 161 g/mol. The number of fused-ring (bicyclic) bond motifs is 1. The average molecular weight is 161 g/mol. The summed E-state index contributed by atoms with van der Waals surface area (Å²) in [6.45, 7) is 1.43. The molecule has 0 bridgehead atoms. The summed E-state index contributed by atoms with van der Waals surface area (Å²) in [5.74, 6) is 0. The second-order valence-electron chi connectivity index (χ2n) is 2.73. The van der Waals surface area contributed by atoms with Crippen LogP contribution >= 0.6 is 0 Å². The molecule has 2 N–H and O–H groups in total. The van der Waals surface area contributed by atoms with Gasteiger partial charge in [-0.1, -0.05) is 0 Å². The lowest BCUT2D eigenvalue weighted by atomic mass is 10.2. The van der Waals surface area contributed by atoms with Gasteiger partial charge >= 0.3 is 0 Å². The van der Waals surface area contributed by atoms with Crippen LogP contribution in [0.4, 0.5) is 0 Å². The molecule has 0 aliphatic carbocycles. The minimum Gasteiger partial charge on any atom is -0.323 e. The van der Waals surface area contributed by atoms with Crippen molar-refractivity contribution in [3.05, 3.63) is 33.2 Å². The first-order chi connectivity index (χ1) is 5.81. The summed E-state index contributed by atoms with van der Waals surface area (Å²) in [5.41, 5.74) is 1.82. The Morgan fingerprint density at radius 2 is 2.33 bits per heavy atom. The Kier molecular flexibility index (Phi) is 1.45. The highest BCUT2D eigenvalue weighted by molar-refractivity contribution is 5.34. The molecule has 1 aromatic heterocycles. The Morgan fingerprint density at radius 3 is 3.08 bits per heavy atom. The molecule has 0 amide bonds. The Balaban J connectivity index is 2.67. The number of pyridine rings is 1. The van der Waals surface area contributed by atoms with E-state index >= 15 is 0 Å². The zero-order chi connectivity index (χ0) is 8.55. The molecule has 0 aromatic carbocycles. The van der Waals surface area contributed by atoms with Crippen molar-refractivity contribution in [2.45, 2.75) is 13.1 Å². The number of aromatic amines is 1. The summed E-state index contributed by atoms with van der Waals surface area (Å²) < 4.78 is 0. The normalized spacial score (nSPS) is 13.9. The zero-order valence-electron chi connectivity index (χ0n) is 6.35. The maximum atomic E-state index is 11.1. The molecule has 2 rings (SSSR count). The van der Waals surface area contributed by atoms with Gasteiger partial charge in [-0.05, 0) is 11.6 Å². The molecule has 0 radical (unpaired) electrons. The van der Waals surface area contributed by atoms with Crippen molar-refractivity contribution in [3.63, 3.8) is 0 Å². The molecule has 1 aromatic rings. The largest absolute Gasteiger partial charge is 0.323 e. The van der Waals surface area contributed by atoms with Gasteiger partial charge in [0.25, 0.3) is 5.56 Å². The third kappa shape index (κ3) is 0.917. The summed E-state index contributed by atoms with van der Waals surface area (Å²) in [4.78, 5) is 13.8. The first-order valence-electron chi connectivity index (χ1n) is 3.67. The molecule has 4 nitrogen and oxygen atoms in total. The van der Waals surface area contributed by atoms with E-state index < -0.39 is 0 Å². The molecule has 0 unspecified atom stereocenters. The molecular weight excluding hydrogens is 154 g/mol. The van der Waals surface area contributed by atoms with Gasteiger partial charge in [-0.25, -0.2) is 0 Å². The maximum Gasteiger partial charge on any atom is 0.266 e. The van der Waals surface area contributed by atoms with Crippen molar-refractivity contribution in [1.82, 2.24) is 10.3 Å². The number of H-pyrrole nitrogens is 1. The molecule has 12 heavy (non-hydrogen) atoms. The topological polar surface area (TPSA) is 68.7 Å². The number of nitriles is 1. The van der Waals surface area contributed by atoms with Crippen molar-refractivity contribution in [2.75, 3.05) is 0 Å². The molecule has 0 saturated carbocycles. The third-order valence-electron chi connectivity index (χ3n) is 1.95. The number of aromatic nitrogens is 1. The second-order valence-corrected chi connectivity index (χ2v) is 2.73. The van der Waals surface area contributed by atoms with Gasteiger partial charge < -0.3 is 10.3 Å². The highest BCUT2D eigenvalue weighted by Crippen LogP contribution is 2.10. The van der Waals surface area contributed by atoms with Gasteiger partial charge in [0.2, 0.25) is 0 Å². The van der Waals surface area contributed by atoms with Crippen LogP contribution in [-0.4, -0.2) is 4.98 Å². The molecule has 0 atom stereocenters. The molecule has 0 spiro atoms. The van der Waals surface area contributed by atoms with Crippen LogP contribution in [0.1, 0.15) is 16.8 Å². The van der Waals surface area contributed by atoms with Crippen molar-refractivity contribution < 1.29 is 0 Å². The molecule has 0 fully saturated rings. The van der Waals surface area contributed by atoms with E-state index in [4.69, 9.17) is 5.26 Å². The first-order valence-corrected chi connectivity index (χ1v) is 3.67. The Morgan fingerprint density at radius 1 is 1.50 bits per heavy atom. The Bertz CT molecular complexity index is 413. The number of rotatable bonds is 0. The molecule has 4 heteroatoms. The lowest BCUT2D eigenvalue weighted by Gasteiger charge is -1.95. The Labute approximate surface area is 68.8 Å². The number of nitrogens with zero attached hydrogens (tertiary/aromatic N) is 1. The van der Waals surface area contributed by atoms with Crippen LogP contribution in [0.25, 0.3) is 0 Å². The van der Waals surface area contributed by atoms with Crippen molar-refractivity contribution >= 4 is 0 Å². The van der Waals surface area contributed by atoms with E-state index in [9.17, 15) is 4.79 Å². The van der Waals surface area contributed by atoms with Gasteiger partial charge in [0.1, 0.15) is 11.6 Å².